The predicted octanol–water partition coefficient (Wildman–Crippen LogP) is 1.67. The van der Waals surface area contributed by atoms with E-state index in [-0.39, 0.29) is 6.10 Å². The lowest BCUT2D eigenvalue weighted by Crippen LogP contribution is -2.37. The van der Waals surface area contributed by atoms with E-state index in [0.717, 1.165) is 12.8 Å². The lowest BCUT2D eigenvalue weighted by molar-refractivity contribution is -0.152. The zero-order chi connectivity index (χ0) is 9.19. The number of rotatable bonds is 3. The molecule has 3 nitrogen and oxygen atoms in total. The first-order valence-electron chi connectivity index (χ1n) is 4.48. The Morgan fingerprint density at radius 1 is 1.75 bits per heavy atom. The van der Waals surface area contributed by atoms with E-state index in [9.17, 15) is 4.79 Å². The van der Waals surface area contributed by atoms with Crippen LogP contribution in [0.5, 0.6) is 0 Å². The summed E-state index contributed by atoms with van der Waals surface area (Å²) in [7, 11) is 0. The minimum atomic E-state index is -0.700. The molecule has 0 bridgehead atoms. The second-order valence-corrected chi connectivity index (χ2v) is 3.47. The van der Waals surface area contributed by atoms with E-state index >= 15 is 0 Å². The molecule has 2 atom stereocenters. The molecule has 0 amide bonds. The molecule has 1 rings (SSSR count). The molecule has 0 aromatic rings. The number of carbonyl (C=O) groups is 1. The van der Waals surface area contributed by atoms with Crippen LogP contribution in [0.1, 0.15) is 33.1 Å². The molecule has 0 spiro atoms. The highest BCUT2D eigenvalue weighted by molar-refractivity contribution is 5.75. The first-order chi connectivity index (χ1) is 5.63. The summed E-state index contributed by atoms with van der Waals surface area (Å²) < 4.78 is 5.30. The molecule has 70 valence electrons. The highest BCUT2D eigenvalue weighted by Gasteiger charge is 2.47. The Hall–Kier alpha value is -0.570. The Labute approximate surface area is 72.7 Å². The first-order valence-corrected chi connectivity index (χ1v) is 4.48. The smallest absolute Gasteiger partial charge is 0.312 e. The Bertz CT molecular complexity index is 179. The van der Waals surface area contributed by atoms with Gasteiger partial charge in [0.2, 0.25) is 0 Å². The SMILES string of the molecule is CCCC1(C(=O)O)CCOC1C. The summed E-state index contributed by atoms with van der Waals surface area (Å²) in [4.78, 5) is 11.0. The standard InChI is InChI=1S/C9H16O3/c1-3-4-9(8(10)11)5-6-12-7(9)2/h7H,3-6H2,1-2H3,(H,10,11). The number of aliphatic carboxylic acids is 1. The van der Waals surface area contributed by atoms with Gasteiger partial charge in [-0.2, -0.15) is 0 Å². The molecule has 1 heterocycles. The number of carboxylic acid groups (broad SMARTS) is 1. The van der Waals surface area contributed by atoms with Gasteiger partial charge in [0.05, 0.1) is 11.5 Å². The fraction of sp³-hybridized carbons (Fsp3) is 0.889. The Morgan fingerprint density at radius 2 is 2.42 bits per heavy atom. The lowest BCUT2D eigenvalue weighted by atomic mass is 9.78. The van der Waals surface area contributed by atoms with Crippen LogP contribution in [0.25, 0.3) is 0 Å². The summed E-state index contributed by atoms with van der Waals surface area (Å²) in [5.41, 5.74) is -0.602. The van der Waals surface area contributed by atoms with Gasteiger partial charge in [0.15, 0.2) is 0 Å². The van der Waals surface area contributed by atoms with Crippen molar-refractivity contribution in [3.63, 3.8) is 0 Å². The molecule has 1 aliphatic heterocycles. The normalized spacial score (nSPS) is 35.3. The third kappa shape index (κ3) is 1.33. The number of hydrogen-bond acceptors (Lipinski definition) is 2. The zero-order valence-electron chi connectivity index (χ0n) is 7.67. The zero-order valence-corrected chi connectivity index (χ0v) is 7.67. The van der Waals surface area contributed by atoms with Crippen LogP contribution in [0.3, 0.4) is 0 Å². The van der Waals surface area contributed by atoms with Crippen LogP contribution in [-0.4, -0.2) is 23.8 Å². The second-order valence-electron chi connectivity index (χ2n) is 3.47. The van der Waals surface area contributed by atoms with Gasteiger partial charge in [0.25, 0.3) is 0 Å². The van der Waals surface area contributed by atoms with Crippen LogP contribution < -0.4 is 0 Å². The van der Waals surface area contributed by atoms with Gasteiger partial charge < -0.3 is 9.84 Å². The summed E-state index contributed by atoms with van der Waals surface area (Å²) >= 11 is 0. The molecule has 0 saturated carbocycles. The molecule has 0 aromatic carbocycles. The third-order valence-electron chi connectivity index (χ3n) is 2.82. The van der Waals surface area contributed by atoms with Gasteiger partial charge in [0, 0.05) is 6.61 Å². The first kappa shape index (κ1) is 9.52. The van der Waals surface area contributed by atoms with Gasteiger partial charge in [-0.15, -0.1) is 0 Å². The molecule has 0 radical (unpaired) electrons. The minimum absolute atomic E-state index is 0.130. The molecule has 1 saturated heterocycles. The van der Waals surface area contributed by atoms with Gasteiger partial charge in [-0.25, -0.2) is 0 Å². The van der Waals surface area contributed by atoms with E-state index in [2.05, 4.69) is 0 Å². The van der Waals surface area contributed by atoms with Crippen molar-refractivity contribution in [3.05, 3.63) is 0 Å². The van der Waals surface area contributed by atoms with Gasteiger partial charge in [0.1, 0.15) is 0 Å². The summed E-state index contributed by atoms with van der Waals surface area (Å²) in [5.74, 6) is -0.700. The Kier molecular flexibility index (Phi) is 2.73. The van der Waals surface area contributed by atoms with Crippen LogP contribution in [0.4, 0.5) is 0 Å². The molecular weight excluding hydrogens is 156 g/mol. The fourth-order valence-corrected chi connectivity index (χ4v) is 1.94. The highest BCUT2D eigenvalue weighted by atomic mass is 16.5. The molecule has 0 aliphatic carbocycles. The highest BCUT2D eigenvalue weighted by Crippen LogP contribution is 2.39. The monoisotopic (exact) mass is 172 g/mol. The predicted molar refractivity (Wildman–Crippen MR) is 45.0 cm³/mol. The van der Waals surface area contributed by atoms with Crippen molar-refractivity contribution in [2.24, 2.45) is 5.41 Å². The summed E-state index contributed by atoms with van der Waals surface area (Å²) in [5, 5.41) is 9.09. The number of carboxylic acids is 1. The van der Waals surface area contributed by atoms with E-state index in [0.29, 0.717) is 13.0 Å². The van der Waals surface area contributed by atoms with Gasteiger partial charge in [-0.3, -0.25) is 4.79 Å². The maximum absolute atomic E-state index is 11.0. The molecule has 3 heteroatoms. The Balaban J connectivity index is 2.77. The fourth-order valence-electron chi connectivity index (χ4n) is 1.94. The van der Waals surface area contributed by atoms with Gasteiger partial charge in [-0.1, -0.05) is 13.3 Å². The van der Waals surface area contributed by atoms with Crippen molar-refractivity contribution < 1.29 is 14.6 Å². The molecule has 1 aliphatic rings. The summed E-state index contributed by atoms with van der Waals surface area (Å²) in [6.07, 6.45) is 2.16. The Morgan fingerprint density at radius 3 is 2.75 bits per heavy atom. The van der Waals surface area contributed by atoms with E-state index in [1.807, 2.05) is 13.8 Å². The topological polar surface area (TPSA) is 46.5 Å². The van der Waals surface area contributed by atoms with Crippen molar-refractivity contribution in [3.8, 4) is 0 Å². The van der Waals surface area contributed by atoms with Crippen molar-refractivity contribution >= 4 is 5.97 Å². The van der Waals surface area contributed by atoms with E-state index < -0.39 is 11.4 Å². The number of ether oxygens (including phenoxy) is 1. The maximum atomic E-state index is 11.0. The van der Waals surface area contributed by atoms with Gasteiger partial charge >= 0.3 is 5.97 Å². The second kappa shape index (κ2) is 3.44. The van der Waals surface area contributed by atoms with Crippen molar-refractivity contribution in [1.82, 2.24) is 0 Å². The average molecular weight is 172 g/mol. The largest absolute Gasteiger partial charge is 0.481 e. The minimum Gasteiger partial charge on any atom is -0.481 e. The van der Waals surface area contributed by atoms with Crippen molar-refractivity contribution in [2.45, 2.75) is 39.2 Å². The average Bonchev–Trinajstić information content (AvgIpc) is 2.34. The van der Waals surface area contributed by atoms with Crippen LogP contribution in [0.2, 0.25) is 0 Å². The quantitative estimate of drug-likeness (QED) is 0.704. The lowest BCUT2D eigenvalue weighted by Gasteiger charge is -2.26. The molecule has 2 unspecified atom stereocenters. The van der Waals surface area contributed by atoms with Crippen LogP contribution in [0, 0.1) is 5.41 Å². The molecule has 0 aromatic heterocycles. The molecule has 1 N–H and O–H groups in total. The van der Waals surface area contributed by atoms with E-state index in [1.54, 1.807) is 0 Å². The molecular formula is C9H16O3. The summed E-state index contributed by atoms with van der Waals surface area (Å²) in [6.45, 7) is 4.46. The molecule has 1 fully saturated rings. The summed E-state index contributed by atoms with van der Waals surface area (Å²) in [6, 6.07) is 0. The maximum Gasteiger partial charge on any atom is 0.312 e. The van der Waals surface area contributed by atoms with Crippen molar-refractivity contribution in [1.29, 1.82) is 0 Å². The van der Waals surface area contributed by atoms with Crippen molar-refractivity contribution in [2.75, 3.05) is 6.61 Å². The van der Waals surface area contributed by atoms with Crippen LogP contribution in [-0.2, 0) is 9.53 Å². The van der Waals surface area contributed by atoms with Crippen LogP contribution >= 0.6 is 0 Å². The number of hydrogen-bond donors (Lipinski definition) is 1. The third-order valence-corrected chi connectivity index (χ3v) is 2.82. The van der Waals surface area contributed by atoms with E-state index in [1.165, 1.54) is 0 Å². The molecule has 12 heavy (non-hydrogen) atoms. The van der Waals surface area contributed by atoms with Gasteiger partial charge in [-0.05, 0) is 19.8 Å². The van der Waals surface area contributed by atoms with E-state index in [4.69, 9.17) is 9.84 Å². The van der Waals surface area contributed by atoms with Crippen LogP contribution in [0.15, 0.2) is 0 Å².